The summed E-state index contributed by atoms with van der Waals surface area (Å²) in [7, 11) is 0. The Labute approximate surface area is 269 Å². The number of hydrogen-bond donors (Lipinski definition) is 10. The van der Waals surface area contributed by atoms with Gasteiger partial charge >= 0.3 is 5.97 Å². The number of aliphatic hydroxyl groups excluding tert-OH is 8. The molecule has 0 aromatic heterocycles. The second kappa shape index (κ2) is 28.1. The van der Waals surface area contributed by atoms with Gasteiger partial charge in [-0.25, -0.2) is 0 Å². The summed E-state index contributed by atoms with van der Waals surface area (Å²) in [6.07, 6.45) is 4.02. The molecule has 0 aromatic carbocycles. The summed E-state index contributed by atoms with van der Waals surface area (Å²) in [6, 6.07) is 0. The van der Waals surface area contributed by atoms with Gasteiger partial charge in [0.2, 0.25) is 0 Å². The Bertz CT molecular complexity index is 689. The van der Waals surface area contributed by atoms with Gasteiger partial charge in [-0.2, -0.15) is 0 Å². The van der Waals surface area contributed by atoms with Crippen LogP contribution >= 0.6 is 0 Å². The van der Waals surface area contributed by atoms with Gasteiger partial charge in [0, 0.05) is 13.0 Å². The molecule has 13 nitrogen and oxygen atoms in total. The number of carbonyl (C=O) groups is 1. The molecule has 1 rings (SSSR count). The third-order valence-electron chi connectivity index (χ3n) is 7.99. The molecule has 0 radical (unpaired) electrons. The summed E-state index contributed by atoms with van der Waals surface area (Å²) < 4.78 is 10.6. The van der Waals surface area contributed by atoms with Gasteiger partial charge in [0.1, 0.15) is 42.7 Å². The fourth-order valence-electron chi connectivity index (χ4n) is 5.04. The average molecular weight is 656 g/mol. The number of carboxylic acids is 1. The van der Waals surface area contributed by atoms with Gasteiger partial charge in [0.05, 0.1) is 19.3 Å². The minimum absolute atomic E-state index is 0.00279. The van der Waals surface area contributed by atoms with Crippen LogP contribution < -0.4 is 5.32 Å². The Kier molecular flexibility index (Phi) is 27.5. The van der Waals surface area contributed by atoms with Crippen molar-refractivity contribution in [2.24, 2.45) is 0 Å². The van der Waals surface area contributed by atoms with Crippen molar-refractivity contribution in [3.05, 3.63) is 0 Å². The van der Waals surface area contributed by atoms with E-state index in [0.717, 1.165) is 32.1 Å². The van der Waals surface area contributed by atoms with E-state index in [2.05, 4.69) is 19.2 Å². The maximum Gasteiger partial charge on any atom is 0.303 e. The van der Waals surface area contributed by atoms with Crippen molar-refractivity contribution in [2.75, 3.05) is 26.3 Å². The van der Waals surface area contributed by atoms with E-state index < -0.39 is 74.3 Å². The Morgan fingerprint density at radius 2 is 1.24 bits per heavy atom. The van der Waals surface area contributed by atoms with Crippen LogP contribution in [0.2, 0.25) is 0 Å². The molecule has 1 heterocycles. The first kappa shape index (κ1) is 44.0. The van der Waals surface area contributed by atoms with Crippen LogP contribution in [0.15, 0.2) is 0 Å². The summed E-state index contributed by atoms with van der Waals surface area (Å²) in [5, 5.41) is 90.5. The van der Waals surface area contributed by atoms with Gasteiger partial charge in [-0.15, -0.1) is 0 Å². The number of unbranched alkanes of at least 4 members (excludes halogenated alkanes) is 13. The van der Waals surface area contributed by atoms with Crippen molar-refractivity contribution in [1.29, 1.82) is 0 Å². The summed E-state index contributed by atoms with van der Waals surface area (Å²) in [4.78, 5) is 10.2. The summed E-state index contributed by atoms with van der Waals surface area (Å²) in [5.74, 6) is -0.659. The molecule has 0 saturated carbocycles. The largest absolute Gasteiger partial charge is 0.481 e. The van der Waals surface area contributed by atoms with Gasteiger partial charge in [-0.3, -0.25) is 4.79 Å². The highest BCUT2D eigenvalue weighted by atomic mass is 16.7. The van der Waals surface area contributed by atoms with E-state index in [4.69, 9.17) is 14.6 Å². The molecule has 1 aliphatic heterocycles. The van der Waals surface area contributed by atoms with E-state index in [0.29, 0.717) is 13.0 Å². The van der Waals surface area contributed by atoms with E-state index in [9.17, 15) is 45.6 Å². The molecule has 0 aromatic rings. The second-order valence-electron chi connectivity index (χ2n) is 12.0. The minimum atomic E-state index is -1.75. The highest BCUT2D eigenvalue weighted by molar-refractivity contribution is 5.66. The molecule has 0 bridgehead atoms. The molecular weight excluding hydrogens is 590 g/mol. The fraction of sp³-hybridized carbons (Fsp3) is 0.969. The van der Waals surface area contributed by atoms with Gasteiger partial charge in [-0.05, 0) is 19.4 Å². The highest BCUT2D eigenvalue weighted by Crippen LogP contribution is 2.25. The third kappa shape index (κ3) is 20.1. The number of carboxylic acid groups (broad SMARTS) is 1. The lowest BCUT2D eigenvalue weighted by Crippen LogP contribution is -2.61. The summed E-state index contributed by atoms with van der Waals surface area (Å²) in [6.45, 7) is 3.53. The molecule has 1 fully saturated rings. The lowest BCUT2D eigenvalue weighted by Gasteiger charge is -2.42. The van der Waals surface area contributed by atoms with Crippen LogP contribution in [0, 0.1) is 0 Å². The second-order valence-corrected chi connectivity index (χ2v) is 12.0. The SMILES string of the molecule is CCCCCCCCCCCC(=O)O.CCCCCCCCNCC(O)C(O)C(OC1OC(CO)C(O)C(O)C1O)C(O)CO. The fourth-order valence-corrected chi connectivity index (χ4v) is 5.04. The lowest BCUT2D eigenvalue weighted by atomic mass is 9.98. The van der Waals surface area contributed by atoms with Crippen LogP contribution in [-0.2, 0) is 14.3 Å². The predicted molar refractivity (Wildman–Crippen MR) is 169 cm³/mol. The number of ether oxygens (including phenoxy) is 2. The monoisotopic (exact) mass is 655 g/mol. The van der Waals surface area contributed by atoms with Crippen molar-refractivity contribution in [3.63, 3.8) is 0 Å². The van der Waals surface area contributed by atoms with Crippen LogP contribution in [0.3, 0.4) is 0 Å². The van der Waals surface area contributed by atoms with Crippen LogP contribution in [-0.4, -0.2) is 133 Å². The van der Waals surface area contributed by atoms with E-state index in [1.807, 2.05) is 0 Å². The average Bonchev–Trinajstić information content (AvgIpc) is 3.03. The molecule has 0 amide bonds. The standard InChI is InChI=1S/C20H41NO10.C12H24O2/c1-2-3-4-5-6-7-8-21-9-12(24)15(26)19(13(25)10-22)31-20-18(29)17(28)16(27)14(11-23)30-20;1-2-3-4-5-6-7-8-9-10-11-12(13)14/h12-29H,2-11H2,1H3;2-11H2,1H3,(H,13,14). The molecule has 1 aliphatic rings. The van der Waals surface area contributed by atoms with Gasteiger partial charge in [-0.1, -0.05) is 97.3 Å². The number of aliphatic carboxylic acids is 1. The van der Waals surface area contributed by atoms with E-state index >= 15 is 0 Å². The first-order valence-corrected chi connectivity index (χ1v) is 17.1. The third-order valence-corrected chi connectivity index (χ3v) is 7.99. The van der Waals surface area contributed by atoms with Crippen molar-refractivity contribution in [1.82, 2.24) is 5.32 Å². The maximum atomic E-state index is 10.5. The molecule has 9 atom stereocenters. The molecule has 9 unspecified atom stereocenters. The normalized spacial score (nSPS) is 24.4. The molecule has 10 N–H and O–H groups in total. The zero-order chi connectivity index (χ0) is 34.0. The van der Waals surface area contributed by atoms with E-state index in [-0.39, 0.29) is 6.54 Å². The highest BCUT2D eigenvalue weighted by Gasteiger charge is 2.46. The van der Waals surface area contributed by atoms with Gasteiger partial charge in [0.15, 0.2) is 6.29 Å². The van der Waals surface area contributed by atoms with Crippen LogP contribution in [0.4, 0.5) is 0 Å². The summed E-state index contributed by atoms with van der Waals surface area (Å²) >= 11 is 0. The zero-order valence-corrected chi connectivity index (χ0v) is 27.6. The van der Waals surface area contributed by atoms with Crippen LogP contribution in [0.25, 0.3) is 0 Å². The van der Waals surface area contributed by atoms with E-state index in [1.165, 1.54) is 64.2 Å². The Hall–Kier alpha value is -0.970. The van der Waals surface area contributed by atoms with Gasteiger partial charge in [0.25, 0.3) is 0 Å². The number of aliphatic hydroxyl groups is 8. The van der Waals surface area contributed by atoms with Crippen LogP contribution in [0.1, 0.15) is 117 Å². The van der Waals surface area contributed by atoms with Crippen molar-refractivity contribution in [3.8, 4) is 0 Å². The lowest BCUT2D eigenvalue weighted by molar-refractivity contribution is -0.327. The van der Waals surface area contributed by atoms with Crippen molar-refractivity contribution < 1.29 is 60.2 Å². The molecule has 1 saturated heterocycles. The Morgan fingerprint density at radius 1 is 0.733 bits per heavy atom. The smallest absolute Gasteiger partial charge is 0.303 e. The zero-order valence-electron chi connectivity index (χ0n) is 27.6. The van der Waals surface area contributed by atoms with Gasteiger partial charge < -0.3 is 60.7 Å². The first-order chi connectivity index (χ1) is 21.5. The molecule has 13 heteroatoms. The summed E-state index contributed by atoms with van der Waals surface area (Å²) in [5.41, 5.74) is 0. The number of nitrogens with one attached hydrogen (secondary N) is 1. The Morgan fingerprint density at radius 3 is 1.73 bits per heavy atom. The molecule has 270 valence electrons. The number of rotatable bonds is 26. The topological polar surface area (TPSA) is 230 Å². The predicted octanol–water partition coefficient (Wildman–Crippen LogP) is 1.19. The first-order valence-electron chi connectivity index (χ1n) is 17.1. The Balaban J connectivity index is 0.00000116. The molecule has 0 spiro atoms. The maximum absolute atomic E-state index is 10.5. The number of hydrogen-bond acceptors (Lipinski definition) is 12. The van der Waals surface area contributed by atoms with E-state index in [1.54, 1.807) is 0 Å². The molecule has 45 heavy (non-hydrogen) atoms. The molecule has 0 aliphatic carbocycles. The van der Waals surface area contributed by atoms with Crippen molar-refractivity contribution in [2.45, 2.75) is 172 Å². The quantitative estimate of drug-likeness (QED) is 0.0591. The van der Waals surface area contributed by atoms with Crippen LogP contribution in [0.5, 0.6) is 0 Å². The molecular formula is C32H65NO12. The minimum Gasteiger partial charge on any atom is -0.481 e. The van der Waals surface area contributed by atoms with Crippen molar-refractivity contribution >= 4 is 5.97 Å².